The van der Waals surface area contributed by atoms with Crippen LogP contribution >= 0.6 is 11.6 Å². The predicted octanol–water partition coefficient (Wildman–Crippen LogP) is 2.72. The maximum absolute atomic E-state index is 12.0. The summed E-state index contributed by atoms with van der Waals surface area (Å²) in [6.45, 7) is 0.325. The van der Waals surface area contributed by atoms with Crippen LogP contribution in [0.4, 0.5) is 5.69 Å². The molecule has 0 aromatic heterocycles. The van der Waals surface area contributed by atoms with E-state index in [2.05, 4.69) is 5.32 Å². The smallest absolute Gasteiger partial charge is 0.238 e. The first-order chi connectivity index (χ1) is 9.54. The Morgan fingerprint density at radius 1 is 1.40 bits per heavy atom. The standard InChI is InChI=1S/C15H19ClN2O2/c1-18(13-5-7-14(19)8-6-13)10-15(20)17-12-4-2-3-11(16)9-12/h2-4,9,13H,5-8,10H2,1H3,(H,17,20). The highest BCUT2D eigenvalue weighted by molar-refractivity contribution is 6.30. The minimum atomic E-state index is -0.0633. The molecule has 5 heteroatoms. The van der Waals surface area contributed by atoms with Crippen molar-refractivity contribution in [3.8, 4) is 0 Å². The van der Waals surface area contributed by atoms with Crippen molar-refractivity contribution >= 4 is 29.0 Å². The van der Waals surface area contributed by atoms with Crippen molar-refractivity contribution in [3.05, 3.63) is 29.3 Å². The number of anilines is 1. The second-order valence-electron chi connectivity index (χ2n) is 5.24. The summed E-state index contributed by atoms with van der Waals surface area (Å²) in [5.74, 6) is 0.268. The summed E-state index contributed by atoms with van der Waals surface area (Å²) < 4.78 is 0. The highest BCUT2D eigenvalue weighted by atomic mass is 35.5. The normalized spacial score (nSPS) is 16.4. The van der Waals surface area contributed by atoms with E-state index in [-0.39, 0.29) is 5.91 Å². The number of rotatable bonds is 4. The molecule has 1 aliphatic carbocycles. The number of ketones is 1. The fraction of sp³-hybridized carbons (Fsp3) is 0.467. The average Bonchev–Trinajstić information content (AvgIpc) is 2.39. The molecule has 1 fully saturated rings. The molecule has 0 bridgehead atoms. The Hall–Kier alpha value is -1.39. The number of hydrogen-bond donors (Lipinski definition) is 1. The van der Waals surface area contributed by atoms with Crippen molar-refractivity contribution in [2.24, 2.45) is 0 Å². The summed E-state index contributed by atoms with van der Waals surface area (Å²) in [6, 6.07) is 7.41. The summed E-state index contributed by atoms with van der Waals surface area (Å²) in [6.07, 6.45) is 2.95. The van der Waals surface area contributed by atoms with Gasteiger partial charge in [0.25, 0.3) is 0 Å². The van der Waals surface area contributed by atoms with Gasteiger partial charge in [0.15, 0.2) is 0 Å². The number of nitrogens with zero attached hydrogens (tertiary/aromatic N) is 1. The molecule has 1 saturated carbocycles. The summed E-state index contributed by atoms with van der Waals surface area (Å²) in [5.41, 5.74) is 0.703. The zero-order valence-corrected chi connectivity index (χ0v) is 12.3. The number of nitrogens with one attached hydrogen (secondary N) is 1. The molecular weight excluding hydrogens is 276 g/mol. The van der Waals surface area contributed by atoms with Gasteiger partial charge in [0.2, 0.25) is 5.91 Å². The minimum Gasteiger partial charge on any atom is -0.325 e. The summed E-state index contributed by atoms with van der Waals surface area (Å²) in [7, 11) is 1.93. The van der Waals surface area contributed by atoms with Crippen LogP contribution in [0, 0.1) is 0 Å². The van der Waals surface area contributed by atoms with Gasteiger partial charge in [-0.15, -0.1) is 0 Å². The summed E-state index contributed by atoms with van der Waals surface area (Å²) >= 11 is 5.88. The Balaban J connectivity index is 1.83. The number of hydrogen-bond acceptors (Lipinski definition) is 3. The lowest BCUT2D eigenvalue weighted by molar-refractivity contribution is -0.121. The fourth-order valence-corrected chi connectivity index (χ4v) is 2.68. The molecule has 0 unspecified atom stereocenters. The lowest BCUT2D eigenvalue weighted by Gasteiger charge is -2.30. The molecule has 1 aromatic carbocycles. The number of likely N-dealkylation sites (N-methyl/N-ethyl adjacent to an activating group) is 1. The second-order valence-corrected chi connectivity index (χ2v) is 5.68. The SMILES string of the molecule is CN(CC(=O)Nc1cccc(Cl)c1)C1CCC(=O)CC1. The van der Waals surface area contributed by atoms with Crippen LogP contribution in [0.25, 0.3) is 0 Å². The van der Waals surface area contributed by atoms with Crippen molar-refractivity contribution in [1.82, 2.24) is 4.90 Å². The van der Waals surface area contributed by atoms with Crippen molar-refractivity contribution in [2.45, 2.75) is 31.7 Å². The van der Waals surface area contributed by atoms with Crippen LogP contribution in [-0.2, 0) is 9.59 Å². The molecule has 0 radical (unpaired) electrons. The Kier molecular flexibility index (Phi) is 5.15. The molecule has 0 atom stereocenters. The maximum atomic E-state index is 12.0. The third-order valence-corrected chi connectivity index (χ3v) is 3.87. The summed E-state index contributed by atoms with van der Waals surface area (Å²) in [5, 5.41) is 3.43. The quantitative estimate of drug-likeness (QED) is 0.929. The lowest BCUT2D eigenvalue weighted by Crippen LogP contribution is -2.40. The van der Waals surface area contributed by atoms with Gasteiger partial charge in [0.05, 0.1) is 6.54 Å². The second kappa shape index (κ2) is 6.86. The molecule has 4 nitrogen and oxygen atoms in total. The van der Waals surface area contributed by atoms with Gasteiger partial charge in [-0.1, -0.05) is 17.7 Å². The first-order valence-electron chi connectivity index (χ1n) is 6.82. The van der Waals surface area contributed by atoms with Gasteiger partial charge >= 0.3 is 0 Å². The first kappa shape index (κ1) is 15.0. The van der Waals surface area contributed by atoms with Crippen LogP contribution in [0.5, 0.6) is 0 Å². The lowest BCUT2D eigenvalue weighted by atomic mass is 9.93. The van der Waals surface area contributed by atoms with Crippen LogP contribution in [0.2, 0.25) is 5.02 Å². The van der Waals surface area contributed by atoms with E-state index < -0.39 is 0 Å². The number of carbonyl (C=O) groups is 2. The highest BCUT2D eigenvalue weighted by Gasteiger charge is 2.23. The van der Waals surface area contributed by atoms with E-state index in [0.717, 1.165) is 12.8 Å². The van der Waals surface area contributed by atoms with Crippen LogP contribution in [-0.4, -0.2) is 36.2 Å². The monoisotopic (exact) mass is 294 g/mol. The molecule has 0 aliphatic heterocycles. The van der Waals surface area contributed by atoms with Crippen molar-refractivity contribution in [2.75, 3.05) is 18.9 Å². The molecule has 0 spiro atoms. The molecule has 108 valence electrons. The van der Waals surface area contributed by atoms with Gasteiger partial charge in [-0.3, -0.25) is 14.5 Å². The number of benzene rings is 1. The highest BCUT2D eigenvalue weighted by Crippen LogP contribution is 2.19. The fourth-order valence-electron chi connectivity index (χ4n) is 2.49. The van der Waals surface area contributed by atoms with Crippen LogP contribution in [0.15, 0.2) is 24.3 Å². The molecule has 2 rings (SSSR count). The van der Waals surface area contributed by atoms with Crippen molar-refractivity contribution in [1.29, 1.82) is 0 Å². The molecule has 0 saturated heterocycles. The molecule has 0 heterocycles. The Bertz CT molecular complexity index is 494. The number of amides is 1. The average molecular weight is 295 g/mol. The maximum Gasteiger partial charge on any atom is 0.238 e. The molecule has 1 aromatic rings. The molecule has 1 N–H and O–H groups in total. The zero-order valence-electron chi connectivity index (χ0n) is 11.6. The molecule has 1 aliphatic rings. The van der Waals surface area contributed by atoms with Gasteiger partial charge in [-0.25, -0.2) is 0 Å². The van der Waals surface area contributed by atoms with E-state index in [1.165, 1.54) is 0 Å². The Morgan fingerprint density at radius 3 is 2.75 bits per heavy atom. The third kappa shape index (κ3) is 4.32. The van der Waals surface area contributed by atoms with Crippen LogP contribution < -0.4 is 5.32 Å². The van der Waals surface area contributed by atoms with Gasteiger partial charge in [0, 0.05) is 29.6 Å². The van der Waals surface area contributed by atoms with E-state index in [4.69, 9.17) is 11.6 Å². The Morgan fingerprint density at radius 2 is 2.10 bits per heavy atom. The summed E-state index contributed by atoms with van der Waals surface area (Å²) in [4.78, 5) is 25.2. The number of carbonyl (C=O) groups excluding carboxylic acids is 2. The number of Topliss-reactive ketones (excluding diaryl/α,β-unsaturated/α-hetero) is 1. The third-order valence-electron chi connectivity index (χ3n) is 3.64. The first-order valence-corrected chi connectivity index (χ1v) is 7.20. The minimum absolute atomic E-state index is 0.0633. The van der Waals surface area contributed by atoms with Gasteiger partial charge in [0.1, 0.15) is 5.78 Å². The van der Waals surface area contributed by atoms with E-state index in [9.17, 15) is 9.59 Å². The van der Waals surface area contributed by atoms with Crippen molar-refractivity contribution in [3.63, 3.8) is 0 Å². The van der Waals surface area contributed by atoms with E-state index in [1.54, 1.807) is 18.2 Å². The zero-order chi connectivity index (χ0) is 14.5. The molecule has 1 amide bonds. The molecular formula is C15H19ClN2O2. The van der Waals surface area contributed by atoms with Crippen LogP contribution in [0.1, 0.15) is 25.7 Å². The topological polar surface area (TPSA) is 49.4 Å². The van der Waals surface area contributed by atoms with Crippen molar-refractivity contribution < 1.29 is 9.59 Å². The van der Waals surface area contributed by atoms with Crippen LogP contribution in [0.3, 0.4) is 0 Å². The Labute approximate surface area is 124 Å². The number of halogens is 1. The van der Waals surface area contributed by atoms with Gasteiger partial charge in [-0.2, -0.15) is 0 Å². The largest absolute Gasteiger partial charge is 0.325 e. The van der Waals surface area contributed by atoms with E-state index >= 15 is 0 Å². The molecule has 20 heavy (non-hydrogen) atoms. The predicted molar refractivity (Wildman–Crippen MR) is 80.0 cm³/mol. The van der Waals surface area contributed by atoms with Gasteiger partial charge in [-0.05, 0) is 38.1 Å². The van der Waals surface area contributed by atoms with Gasteiger partial charge < -0.3 is 5.32 Å². The van der Waals surface area contributed by atoms with E-state index in [0.29, 0.717) is 41.9 Å². The van der Waals surface area contributed by atoms with E-state index in [1.807, 2.05) is 18.0 Å².